The summed E-state index contributed by atoms with van der Waals surface area (Å²) in [5.74, 6) is 0.508. The van der Waals surface area contributed by atoms with Crippen LogP contribution in [-0.4, -0.2) is 37.9 Å². The van der Waals surface area contributed by atoms with E-state index in [0.717, 1.165) is 26.2 Å². The third-order valence-corrected chi connectivity index (χ3v) is 4.50. The van der Waals surface area contributed by atoms with Gasteiger partial charge in [0, 0.05) is 30.3 Å². The zero-order chi connectivity index (χ0) is 14.4. The number of piperidine rings is 1. The fourth-order valence-electron chi connectivity index (χ4n) is 3.27. The van der Waals surface area contributed by atoms with Crippen LogP contribution in [-0.2, 0) is 6.54 Å². The molecule has 0 bridgehead atoms. The molecular weight excluding hydrogens is 248 g/mol. The van der Waals surface area contributed by atoms with Crippen molar-refractivity contribution in [1.29, 1.82) is 0 Å². The molecule has 0 radical (unpaired) electrons. The van der Waals surface area contributed by atoms with E-state index in [0.29, 0.717) is 12.5 Å². The molecule has 112 valence electrons. The van der Waals surface area contributed by atoms with Gasteiger partial charge in [0.25, 0.3) is 0 Å². The lowest BCUT2D eigenvalue weighted by atomic mass is 9.98. The molecule has 2 rings (SSSR count). The van der Waals surface area contributed by atoms with Crippen molar-refractivity contribution in [2.24, 2.45) is 5.92 Å². The van der Waals surface area contributed by atoms with Gasteiger partial charge in [0.2, 0.25) is 0 Å². The van der Waals surface area contributed by atoms with Crippen molar-refractivity contribution in [1.82, 2.24) is 0 Å². The maximum atomic E-state index is 9.31. The lowest BCUT2D eigenvalue weighted by Crippen LogP contribution is -3.12. The van der Waals surface area contributed by atoms with Gasteiger partial charge in [0.05, 0.1) is 19.7 Å². The van der Waals surface area contributed by atoms with E-state index in [2.05, 4.69) is 43.0 Å². The highest BCUT2D eigenvalue weighted by atomic mass is 16.3. The summed E-state index contributed by atoms with van der Waals surface area (Å²) in [6, 6.07) is 9.02. The highest BCUT2D eigenvalue weighted by molar-refractivity contribution is 5.47. The number of hydrogen-bond acceptors (Lipinski definition) is 2. The van der Waals surface area contributed by atoms with Crippen LogP contribution < -0.4 is 9.80 Å². The van der Waals surface area contributed by atoms with Gasteiger partial charge in [0.1, 0.15) is 6.54 Å². The minimum atomic E-state index is 0.352. The molecule has 20 heavy (non-hydrogen) atoms. The van der Waals surface area contributed by atoms with Gasteiger partial charge in [-0.3, -0.25) is 0 Å². The molecule has 1 unspecified atom stereocenters. The fraction of sp³-hybridized carbons (Fsp3) is 0.647. The Labute approximate surface area is 123 Å². The Kier molecular flexibility index (Phi) is 5.86. The monoisotopic (exact) mass is 277 g/mol. The number of rotatable bonds is 6. The van der Waals surface area contributed by atoms with E-state index < -0.39 is 0 Å². The number of quaternary nitrogens is 1. The van der Waals surface area contributed by atoms with Gasteiger partial charge in [-0.1, -0.05) is 12.1 Å². The third-order valence-electron chi connectivity index (χ3n) is 4.50. The van der Waals surface area contributed by atoms with Crippen molar-refractivity contribution in [2.45, 2.75) is 33.2 Å². The maximum Gasteiger partial charge on any atom is 0.103 e. The molecule has 1 heterocycles. The summed E-state index contributed by atoms with van der Waals surface area (Å²) in [6.07, 6.45) is 2.44. The molecule has 1 aromatic carbocycles. The lowest BCUT2D eigenvalue weighted by Gasteiger charge is -2.29. The van der Waals surface area contributed by atoms with Gasteiger partial charge in [0.15, 0.2) is 0 Å². The third kappa shape index (κ3) is 3.97. The molecule has 1 saturated heterocycles. The number of hydrogen-bond donors (Lipinski definition) is 2. The van der Waals surface area contributed by atoms with Crippen LogP contribution in [0.3, 0.4) is 0 Å². The molecule has 0 saturated carbocycles. The number of likely N-dealkylation sites (tertiary alicyclic amines) is 1. The van der Waals surface area contributed by atoms with Crippen LogP contribution in [0.4, 0.5) is 5.69 Å². The molecule has 3 nitrogen and oxygen atoms in total. The van der Waals surface area contributed by atoms with Crippen molar-refractivity contribution >= 4 is 5.69 Å². The highest BCUT2D eigenvalue weighted by Gasteiger charge is 2.22. The van der Waals surface area contributed by atoms with Crippen LogP contribution in [0.1, 0.15) is 32.3 Å². The van der Waals surface area contributed by atoms with E-state index in [1.54, 1.807) is 4.90 Å². The smallest absolute Gasteiger partial charge is 0.103 e. The van der Waals surface area contributed by atoms with Gasteiger partial charge in [-0.15, -0.1) is 0 Å². The van der Waals surface area contributed by atoms with Crippen LogP contribution in [0.2, 0.25) is 0 Å². The summed E-state index contributed by atoms with van der Waals surface area (Å²) in [5, 5.41) is 9.31. The van der Waals surface area contributed by atoms with E-state index in [9.17, 15) is 5.11 Å². The number of aliphatic hydroxyl groups is 1. The van der Waals surface area contributed by atoms with Crippen molar-refractivity contribution < 1.29 is 10.0 Å². The predicted octanol–water partition coefficient (Wildman–Crippen LogP) is 1.32. The van der Waals surface area contributed by atoms with Gasteiger partial charge in [-0.05, 0) is 38.8 Å². The molecule has 0 spiro atoms. The molecule has 2 N–H and O–H groups in total. The number of aliphatic hydroxyl groups excluding tert-OH is 1. The summed E-state index contributed by atoms with van der Waals surface area (Å²) in [4.78, 5) is 3.99. The minimum Gasteiger partial charge on any atom is -0.396 e. The molecule has 1 fully saturated rings. The molecule has 1 aliphatic rings. The quantitative estimate of drug-likeness (QED) is 0.821. The second kappa shape index (κ2) is 7.65. The summed E-state index contributed by atoms with van der Waals surface area (Å²) in [5.41, 5.74) is 2.73. The van der Waals surface area contributed by atoms with Gasteiger partial charge < -0.3 is 14.9 Å². The number of nitrogens with zero attached hydrogens (tertiary/aromatic N) is 1. The Morgan fingerprint density at radius 3 is 2.50 bits per heavy atom. The largest absolute Gasteiger partial charge is 0.396 e. The number of benzene rings is 1. The second-order valence-electron chi connectivity index (χ2n) is 5.91. The van der Waals surface area contributed by atoms with Crippen molar-refractivity contribution in [2.75, 3.05) is 37.7 Å². The minimum absolute atomic E-state index is 0.352. The van der Waals surface area contributed by atoms with Gasteiger partial charge >= 0.3 is 0 Å². The van der Waals surface area contributed by atoms with E-state index in [4.69, 9.17) is 0 Å². The summed E-state index contributed by atoms with van der Waals surface area (Å²) in [7, 11) is 0. The average molecular weight is 277 g/mol. The van der Waals surface area contributed by atoms with Crippen molar-refractivity contribution in [3.8, 4) is 0 Å². The van der Waals surface area contributed by atoms with Crippen LogP contribution in [0.15, 0.2) is 24.3 Å². The average Bonchev–Trinajstić information content (AvgIpc) is 2.50. The number of anilines is 1. The first kappa shape index (κ1) is 15.3. The second-order valence-corrected chi connectivity index (χ2v) is 5.91. The van der Waals surface area contributed by atoms with Crippen LogP contribution in [0, 0.1) is 5.92 Å². The fourth-order valence-corrected chi connectivity index (χ4v) is 3.27. The van der Waals surface area contributed by atoms with E-state index >= 15 is 0 Å². The summed E-state index contributed by atoms with van der Waals surface area (Å²) in [6.45, 7) is 10.3. The first-order valence-electron chi connectivity index (χ1n) is 8.05. The SMILES string of the molecule is CCN(CC)c1ccc(C[NH+]2CCC[C@H](CO)C2)cc1. The molecule has 1 aromatic rings. The van der Waals surface area contributed by atoms with Crippen LogP contribution in [0.5, 0.6) is 0 Å². The molecule has 0 amide bonds. The molecule has 0 aliphatic carbocycles. The van der Waals surface area contributed by atoms with Gasteiger partial charge in [-0.25, -0.2) is 0 Å². The topological polar surface area (TPSA) is 27.9 Å². The molecule has 3 heteroatoms. The highest BCUT2D eigenvalue weighted by Crippen LogP contribution is 2.14. The Morgan fingerprint density at radius 2 is 1.90 bits per heavy atom. The molecule has 2 atom stereocenters. The van der Waals surface area contributed by atoms with Crippen molar-refractivity contribution in [3.05, 3.63) is 29.8 Å². The first-order valence-corrected chi connectivity index (χ1v) is 8.05. The van der Waals surface area contributed by atoms with Crippen LogP contribution >= 0.6 is 0 Å². The Morgan fingerprint density at radius 1 is 1.20 bits per heavy atom. The van der Waals surface area contributed by atoms with E-state index in [-0.39, 0.29) is 0 Å². The van der Waals surface area contributed by atoms with Crippen molar-refractivity contribution in [3.63, 3.8) is 0 Å². The van der Waals surface area contributed by atoms with E-state index in [1.807, 2.05) is 0 Å². The predicted molar refractivity (Wildman–Crippen MR) is 84.2 cm³/mol. The lowest BCUT2D eigenvalue weighted by molar-refractivity contribution is -0.922. The zero-order valence-corrected chi connectivity index (χ0v) is 12.9. The maximum absolute atomic E-state index is 9.31. The summed E-state index contributed by atoms with van der Waals surface area (Å²) >= 11 is 0. The van der Waals surface area contributed by atoms with E-state index in [1.165, 1.54) is 30.6 Å². The van der Waals surface area contributed by atoms with Crippen LogP contribution in [0.25, 0.3) is 0 Å². The molecule has 0 aromatic heterocycles. The van der Waals surface area contributed by atoms with Gasteiger partial charge in [-0.2, -0.15) is 0 Å². The standard InChI is InChI=1S/C17H28N2O/c1-3-19(4-2)17-9-7-15(8-10-17)12-18-11-5-6-16(13-18)14-20/h7-10,16,20H,3-6,11-14H2,1-2H3/p+1/t16-/m0/s1. The molecule has 1 aliphatic heterocycles. The Balaban J connectivity index is 1.93. The Hall–Kier alpha value is -1.06. The Bertz CT molecular complexity index is 386. The zero-order valence-electron chi connectivity index (χ0n) is 12.9. The number of nitrogens with one attached hydrogen (secondary N) is 1. The molecular formula is C17H29N2O+. The normalized spacial score (nSPS) is 22.8. The first-order chi connectivity index (χ1) is 9.76. The summed E-state index contributed by atoms with van der Waals surface area (Å²) < 4.78 is 0.